The van der Waals surface area contributed by atoms with E-state index in [1.54, 1.807) is 42.5 Å². The van der Waals surface area contributed by atoms with E-state index in [2.05, 4.69) is 10.6 Å². The molecular formula is C18H19ClN2O2. The van der Waals surface area contributed by atoms with E-state index in [0.29, 0.717) is 28.4 Å². The Bertz CT molecular complexity index is 711. The van der Waals surface area contributed by atoms with E-state index in [-0.39, 0.29) is 11.8 Å². The van der Waals surface area contributed by atoms with Gasteiger partial charge in [-0.1, -0.05) is 24.6 Å². The fraction of sp³-hybridized carbons (Fsp3) is 0.222. The molecule has 0 fully saturated rings. The lowest BCUT2D eigenvalue weighted by molar-refractivity contribution is 0.0951. The van der Waals surface area contributed by atoms with Gasteiger partial charge < -0.3 is 10.6 Å². The molecule has 0 radical (unpaired) electrons. The van der Waals surface area contributed by atoms with Gasteiger partial charge in [0.2, 0.25) is 0 Å². The average Bonchev–Trinajstić information content (AvgIpc) is 2.57. The minimum absolute atomic E-state index is 0.135. The molecule has 0 unspecified atom stereocenters. The molecule has 0 heterocycles. The highest BCUT2D eigenvalue weighted by atomic mass is 35.5. The fourth-order valence-corrected chi connectivity index (χ4v) is 2.23. The van der Waals surface area contributed by atoms with Crippen LogP contribution in [0.25, 0.3) is 0 Å². The van der Waals surface area contributed by atoms with Gasteiger partial charge in [0.25, 0.3) is 11.8 Å². The number of benzene rings is 2. The maximum atomic E-state index is 12.3. The van der Waals surface area contributed by atoms with Crippen molar-refractivity contribution in [2.24, 2.45) is 0 Å². The lowest BCUT2D eigenvalue weighted by atomic mass is 10.1. The van der Waals surface area contributed by atoms with Gasteiger partial charge >= 0.3 is 0 Å². The summed E-state index contributed by atoms with van der Waals surface area (Å²) in [6.07, 6.45) is 0.880. The molecule has 0 saturated carbocycles. The largest absolute Gasteiger partial charge is 0.352 e. The number of amides is 2. The van der Waals surface area contributed by atoms with Gasteiger partial charge in [-0.15, -0.1) is 0 Å². The number of carbonyl (C=O) groups is 2. The van der Waals surface area contributed by atoms with Gasteiger partial charge in [0.1, 0.15) is 0 Å². The smallest absolute Gasteiger partial charge is 0.255 e. The van der Waals surface area contributed by atoms with Gasteiger partial charge in [-0.3, -0.25) is 9.59 Å². The summed E-state index contributed by atoms with van der Waals surface area (Å²) in [7, 11) is 0. The Morgan fingerprint density at radius 3 is 2.22 bits per heavy atom. The second-order valence-electron chi connectivity index (χ2n) is 5.20. The molecule has 0 atom stereocenters. The minimum atomic E-state index is -0.240. The molecule has 0 spiro atoms. The first kappa shape index (κ1) is 17.0. The summed E-state index contributed by atoms with van der Waals surface area (Å²) in [6, 6.07) is 11.9. The summed E-state index contributed by atoms with van der Waals surface area (Å²) in [5.74, 6) is -0.375. The average molecular weight is 331 g/mol. The molecule has 0 aliphatic heterocycles. The van der Waals surface area contributed by atoms with E-state index in [1.807, 2.05) is 13.8 Å². The van der Waals surface area contributed by atoms with Crippen molar-refractivity contribution in [3.05, 3.63) is 64.2 Å². The molecule has 23 heavy (non-hydrogen) atoms. The first-order valence-electron chi connectivity index (χ1n) is 7.47. The van der Waals surface area contributed by atoms with Crippen LogP contribution in [0.2, 0.25) is 5.02 Å². The van der Waals surface area contributed by atoms with Crippen LogP contribution in [0.15, 0.2) is 42.5 Å². The Labute approximate surface area is 140 Å². The predicted octanol–water partition coefficient (Wildman–Crippen LogP) is 4.04. The highest BCUT2D eigenvalue weighted by molar-refractivity contribution is 6.31. The summed E-state index contributed by atoms with van der Waals surface area (Å²) in [5, 5.41) is 6.23. The minimum Gasteiger partial charge on any atom is -0.352 e. The maximum absolute atomic E-state index is 12.3. The van der Waals surface area contributed by atoms with Gasteiger partial charge in [-0.25, -0.2) is 0 Å². The van der Waals surface area contributed by atoms with Crippen LogP contribution >= 0.6 is 11.6 Å². The summed E-state index contributed by atoms with van der Waals surface area (Å²) in [4.78, 5) is 24.1. The Kier molecular flexibility index (Phi) is 5.77. The van der Waals surface area contributed by atoms with Gasteiger partial charge in [0.05, 0.1) is 0 Å². The van der Waals surface area contributed by atoms with Crippen LogP contribution in [0, 0.1) is 6.92 Å². The van der Waals surface area contributed by atoms with Crippen LogP contribution in [0.5, 0.6) is 0 Å². The van der Waals surface area contributed by atoms with Crippen molar-refractivity contribution in [3.8, 4) is 0 Å². The van der Waals surface area contributed by atoms with Gasteiger partial charge in [0, 0.05) is 28.4 Å². The zero-order valence-electron chi connectivity index (χ0n) is 13.2. The van der Waals surface area contributed by atoms with E-state index in [4.69, 9.17) is 11.6 Å². The quantitative estimate of drug-likeness (QED) is 0.869. The van der Waals surface area contributed by atoms with Gasteiger partial charge in [0.15, 0.2) is 0 Å². The van der Waals surface area contributed by atoms with Crippen LogP contribution in [-0.4, -0.2) is 18.4 Å². The molecular weight excluding hydrogens is 312 g/mol. The number of rotatable bonds is 5. The van der Waals surface area contributed by atoms with Gasteiger partial charge in [-0.05, 0) is 55.3 Å². The molecule has 2 N–H and O–H groups in total. The number of halogens is 1. The number of carbonyl (C=O) groups excluding carboxylic acids is 2. The Hall–Kier alpha value is -2.33. The third kappa shape index (κ3) is 4.33. The molecule has 120 valence electrons. The highest BCUT2D eigenvalue weighted by Gasteiger charge is 2.10. The van der Waals surface area contributed by atoms with Crippen molar-refractivity contribution in [2.75, 3.05) is 11.9 Å². The number of hydrogen-bond donors (Lipinski definition) is 2. The summed E-state index contributed by atoms with van der Waals surface area (Å²) < 4.78 is 0. The molecule has 0 aliphatic carbocycles. The van der Waals surface area contributed by atoms with Crippen molar-refractivity contribution in [1.29, 1.82) is 0 Å². The van der Waals surface area contributed by atoms with Gasteiger partial charge in [-0.2, -0.15) is 0 Å². The molecule has 2 rings (SSSR count). The van der Waals surface area contributed by atoms with E-state index >= 15 is 0 Å². The number of hydrogen-bond acceptors (Lipinski definition) is 2. The molecule has 0 aromatic heterocycles. The highest BCUT2D eigenvalue weighted by Crippen LogP contribution is 2.23. The zero-order valence-corrected chi connectivity index (χ0v) is 13.9. The third-order valence-electron chi connectivity index (χ3n) is 3.46. The lowest BCUT2D eigenvalue weighted by Crippen LogP contribution is -2.24. The lowest BCUT2D eigenvalue weighted by Gasteiger charge is -2.10. The van der Waals surface area contributed by atoms with Crippen LogP contribution in [-0.2, 0) is 0 Å². The van der Waals surface area contributed by atoms with Crippen molar-refractivity contribution in [1.82, 2.24) is 5.32 Å². The third-order valence-corrected chi connectivity index (χ3v) is 3.87. The molecule has 2 aromatic carbocycles. The van der Waals surface area contributed by atoms with Crippen LogP contribution in [0.3, 0.4) is 0 Å². The predicted molar refractivity (Wildman–Crippen MR) is 93.2 cm³/mol. The van der Waals surface area contributed by atoms with Crippen LogP contribution in [0.1, 0.15) is 39.6 Å². The van der Waals surface area contributed by atoms with E-state index in [9.17, 15) is 9.59 Å². The normalized spacial score (nSPS) is 10.2. The van der Waals surface area contributed by atoms with E-state index < -0.39 is 0 Å². The topological polar surface area (TPSA) is 58.2 Å². The zero-order chi connectivity index (χ0) is 16.8. The first-order valence-corrected chi connectivity index (χ1v) is 7.85. The van der Waals surface area contributed by atoms with Crippen LogP contribution in [0.4, 0.5) is 5.69 Å². The Morgan fingerprint density at radius 2 is 1.61 bits per heavy atom. The summed E-state index contributed by atoms with van der Waals surface area (Å²) in [5.41, 5.74) is 2.51. The van der Waals surface area contributed by atoms with E-state index in [1.165, 1.54) is 0 Å². The monoisotopic (exact) mass is 330 g/mol. The standard InChI is InChI=1S/C18H19ClN2O2/c1-3-11-20-17(22)13-7-9-14(10-8-13)18(23)21-16-6-4-5-15(19)12(16)2/h4-10H,3,11H2,1-2H3,(H,20,22)(H,21,23). The summed E-state index contributed by atoms with van der Waals surface area (Å²) in [6.45, 7) is 4.47. The molecule has 2 aromatic rings. The Balaban J connectivity index is 2.08. The molecule has 0 aliphatic rings. The number of anilines is 1. The fourth-order valence-electron chi connectivity index (χ4n) is 2.05. The van der Waals surface area contributed by atoms with Crippen molar-refractivity contribution >= 4 is 29.1 Å². The van der Waals surface area contributed by atoms with Crippen molar-refractivity contribution in [2.45, 2.75) is 20.3 Å². The molecule has 0 bridgehead atoms. The molecule has 5 heteroatoms. The summed E-state index contributed by atoms with van der Waals surface area (Å²) >= 11 is 6.04. The molecule has 2 amide bonds. The molecule has 0 saturated heterocycles. The first-order chi connectivity index (χ1) is 11.0. The van der Waals surface area contributed by atoms with Crippen molar-refractivity contribution in [3.63, 3.8) is 0 Å². The molecule has 4 nitrogen and oxygen atoms in total. The SMILES string of the molecule is CCCNC(=O)c1ccc(C(=O)Nc2cccc(Cl)c2C)cc1. The number of nitrogens with one attached hydrogen (secondary N) is 2. The second kappa shape index (κ2) is 7.79. The van der Waals surface area contributed by atoms with Crippen LogP contribution < -0.4 is 10.6 Å². The van der Waals surface area contributed by atoms with Crippen molar-refractivity contribution < 1.29 is 9.59 Å². The second-order valence-corrected chi connectivity index (χ2v) is 5.61. The maximum Gasteiger partial charge on any atom is 0.255 e. The van der Waals surface area contributed by atoms with E-state index in [0.717, 1.165) is 12.0 Å². The Morgan fingerprint density at radius 1 is 1.00 bits per heavy atom.